The lowest BCUT2D eigenvalue weighted by atomic mass is 10.2. The van der Waals surface area contributed by atoms with Crippen molar-refractivity contribution >= 4 is 36.9 Å². The molecule has 2 rings (SSSR count). The van der Waals surface area contributed by atoms with Gasteiger partial charge in [-0.05, 0) is 12.1 Å². The van der Waals surface area contributed by atoms with Gasteiger partial charge in [-0.15, -0.1) is 0 Å². The molecule has 0 saturated heterocycles. The van der Waals surface area contributed by atoms with E-state index in [1.807, 2.05) is 6.92 Å². The van der Waals surface area contributed by atoms with Gasteiger partial charge in [0, 0.05) is 10.6 Å². The smallest absolute Gasteiger partial charge is 0.134 e. The van der Waals surface area contributed by atoms with Gasteiger partial charge in [0.2, 0.25) is 0 Å². The van der Waals surface area contributed by atoms with Crippen LogP contribution in [0, 0.1) is 0 Å². The van der Waals surface area contributed by atoms with E-state index < -0.39 is 8.07 Å². The fourth-order valence-corrected chi connectivity index (χ4v) is 3.56. The lowest BCUT2D eigenvalue weighted by molar-refractivity contribution is 0.579. The summed E-state index contributed by atoms with van der Waals surface area (Å²) < 4.78 is 5.84. The first-order chi connectivity index (χ1) is 7.45. The Morgan fingerprint density at radius 3 is 2.50 bits per heavy atom. The van der Waals surface area contributed by atoms with Gasteiger partial charge >= 0.3 is 0 Å². The van der Waals surface area contributed by atoms with Gasteiger partial charge in [-0.2, -0.15) is 0 Å². The molecule has 0 amide bonds. The normalized spacial score (nSPS) is 13.6. The van der Waals surface area contributed by atoms with Crippen molar-refractivity contribution in [3.63, 3.8) is 0 Å². The average Bonchev–Trinajstić information content (AvgIpc) is 2.50. The minimum Gasteiger partial charge on any atom is -0.457 e. The maximum Gasteiger partial charge on any atom is 0.134 e. The summed E-state index contributed by atoms with van der Waals surface area (Å²) in [5, 5.41) is 3.71. The molecule has 0 aliphatic carbocycles. The van der Waals surface area contributed by atoms with Crippen LogP contribution in [0.5, 0.6) is 0 Å². The summed E-state index contributed by atoms with van der Waals surface area (Å²) in [5.74, 6) is 0. The first-order valence-electron chi connectivity index (χ1n) is 5.62. The molecule has 0 atom stereocenters. The number of hydrogen-bond acceptors (Lipinski definition) is 1. The Hall–Kier alpha value is -1.28. The van der Waals surface area contributed by atoms with Crippen molar-refractivity contribution in [2.75, 3.05) is 0 Å². The Morgan fingerprint density at radius 1 is 1.25 bits per heavy atom. The van der Waals surface area contributed by atoms with Crippen LogP contribution in [0.1, 0.15) is 6.92 Å². The van der Waals surface area contributed by atoms with Crippen molar-refractivity contribution < 1.29 is 4.42 Å². The summed E-state index contributed by atoms with van der Waals surface area (Å²) in [6.45, 7) is 13.0. The van der Waals surface area contributed by atoms with Crippen molar-refractivity contribution in [3.05, 3.63) is 28.8 Å². The highest BCUT2D eigenvalue weighted by molar-refractivity contribution is 6.90. The largest absolute Gasteiger partial charge is 0.457 e. The number of fused-ring (bicyclic) bond motifs is 1. The summed E-state index contributed by atoms with van der Waals surface area (Å²) in [7, 11) is -1.36. The highest BCUT2D eigenvalue weighted by Crippen LogP contribution is 2.11. The zero-order valence-electron chi connectivity index (χ0n) is 10.4. The van der Waals surface area contributed by atoms with Crippen molar-refractivity contribution in [1.29, 1.82) is 0 Å². The number of benzene rings is 1. The molecule has 1 aromatic heterocycles. The van der Waals surface area contributed by atoms with Crippen LogP contribution in [0.15, 0.2) is 22.6 Å². The van der Waals surface area contributed by atoms with Crippen molar-refractivity contribution in [2.24, 2.45) is 0 Å². The molecule has 1 nitrogen and oxygen atoms in total. The Morgan fingerprint density at radius 2 is 1.94 bits per heavy atom. The molecule has 0 bridgehead atoms. The summed E-state index contributed by atoms with van der Waals surface area (Å²) in [5.41, 5.74) is 1.82. The molecule has 0 saturated carbocycles. The van der Waals surface area contributed by atoms with Gasteiger partial charge in [-0.3, -0.25) is 0 Å². The second-order valence-corrected chi connectivity index (χ2v) is 10.2. The number of rotatable bonds is 1. The maximum absolute atomic E-state index is 5.84. The lowest BCUT2D eigenvalue weighted by Gasteiger charge is -2.16. The van der Waals surface area contributed by atoms with Gasteiger partial charge < -0.3 is 4.42 Å². The first-order valence-corrected chi connectivity index (χ1v) is 9.12. The average molecular weight is 230 g/mol. The van der Waals surface area contributed by atoms with Gasteiger partial charge in [0.05, 0.1) is 8.07 Å². The van der Waals surface area contributed by atoms with Crippen LogP contribution in [0.25, 0.3) is 23.6 Å². The standard InChI is InChI=1S/C14H18OSi/c1-6-11-10(2)15-14-12(11)8-7-9-13(14)16(3,4)5/h6-9H,2H2,1,3-5H3/b11-6+. The third-order valence-corrected chi connectivity index (χ3v) is 4.94. The van der Waals surface area contributed by atoms with E-state index in [0.29, 0.717) is 0 Å². The second kappa shape index (κ2) is 3.63. The molecular formula is C14H18OSi. The molecular weight excluding hydrogens is 212 g/mol. The van der Waals surface area contributed by atoms with Crippen molar-refractivity contribution in [2.45, 2.75) is 26.6 Å². The molecule has 0 N–H and O–H groups in total. The van der Waals surface area contributed by atoms with E-state index in [4.69, 9.17) is 4.42 Å². The molecule has 1 aromatic carbocycles. The summed E-state index contributed by atoms with van der Waals surface area (Å²) in [6, 6.07) is 6.43. The minimum atomic E-state index is -1.36. The van der Waals surface area contributed by atoms with E-state index in [-0.39, 0.29) is 0 Å². The van der Waals surface area contributed by atoms with E-state index in [9.17, 15) is 0 Å². The Balaban J connectivity index is 2.97. The number of furan rings is 1. The van der Waals surface area contributed by atoms with Gasteiger partial charge in [0.25, 0.3) is 0 Å². The summed E-state index contributed by atoms with van der Waals surface area (Å²) in [6.07, 6.45) is 2.07. The molecule has 0 radical (unpaired) electrons. The Bertz CT molecular complexity index is 629. The van der Waals surface area contributed by atoms with E-state index in [0.717, 1.165) is 16.2 Å². The zero-order valence-corrected chi connectivity index (χ0v) is 11.4. The number of para-hydroxylation sites is 1. The third kappa shape index (κ3) is 1.63. The maximum atomic E-state index is 5.84. The molecule has 16 heavy (non-hydrogen) atoms. The summed E-state index contributed by atoms with van der Waals surface area (Å²) in [4.78, 5) is 0. The molecule has 0 fully saturated rings. The molecule has 84 valence electrons. The molecule has 0 aliphatic rings. The Kier molecular flexibility index (Phi) is 2.54. The van der Waals surface area contributed by atoms with Crippen molar-refractivity contribution in [1.82, 2.24) is 0 Å². The molecule has 1 heterocycles. The minimum absolute atomic E-state index is 0.781. The molecule has 0 unspecified atom stereocenters. The summed E-state index contributed by atoms with van der Waals surface area (Å²) >= 11 is 0. The SMILES string of the molecule is C=c1oc2c([Si](C)(C)C)cccc2/c1=C/C. The van der Waals surface area contributed by atoms with Crippen molar-refractivity contribution in [3.8, 4) is 0 Å². The first kappa shape index (κ1) is 11.2. The highest BCUT2D eigenvalue weighted by atomic mass is 28.3. The Labute approximate surface area is 97.1 Å². The van der Waals surface area contributed by atoms with Gasteiger partial charge in [0.15, 0.2) is 0 Å². The van der Waals surface area contributed by atoms with E-state index >= 15 is 0 Å². The molecule has 0 spiro atoms. The predicted octanol–water partition coefficient (Wildman–Crippen LogP) is 2.19. The topological polar surface area (TPSA) is 13.1 Å². The highest BCUT2D eigenvalue weighted by Gasteiger charge is 2.21. The van der Waals surface area contributed by atoms with Crippen LogP contribution < -0.4 is 15.8 Å². The van der Waals surface area contributed by atoms with E-state index in [1.54, 1.807) is 0 Å². The van der Waals surface area contributed by atoms with Gasteiger partial charge in [-0.1, -0.05) is 50.5 Å². The van der Waals surface area contributed by atoms with Crippen LogP contribution in [0.3, 0.4) is 0 Å². The molecule has 2 aromatic rings. The van der Waals surface area contributed by atoms with Gasteiger partial charge in [-0.25, -0.2) is 0 Å². The quantitative estimate of drug-likeness (QED) is 0.685. The fraction of sp³-hybridized carbons (Fsp3) is 0.286. The van der Waals surface area contributed by atoms with Gasteiger partial charge in [0.1, 0.15) is 11.0 Å². The van der Waals surface area contributed by atoms with Crippen LogP contribution in [0.4, 0.5) is 0 Å². The predicted molar refractivity (Wildman–Crippen MR) is 74.1 cm³/mol. The zero-order chi connectivity index (χ0) is 11.9. The molecule has 2 heteroatoms. The molecule has 0 aliphatic heterocycles. The van der Waals surface area contributed by atoms with Crippen LogP contribution >= 0.6 is 0 Å². The van der Waals surface area contributed by atoms with E-state index in [1.165, 1.54) is 10.6 Å². The van der Waals surface area contributed by atoms with Crippen LogP contribution in [0.2, 0.25) is 19.6 Å². The number of hydrogen-bond donors (Lipinski definition) is 0. The third-order valence-electron chi connectivity index (χ3n) is 2.93. The monoisotopic (exact) mass is 230 g/mol. The van der Waals surface area contributed by atoms with E-state index in [2.05, 4.69) is 50.5 Å². The fourth-order valence-electron chi connectivity index (χ4n) is 2.09. The van der Waals surface area contributed by atoms with Crippen LogP contribution in [-0.2, 0) is 0 Å². The second-order valence-electron chi connectivity index (χ2n) is 5.16. The lowest BCUT2D eigenvalue weighted by Crippen LogP contribution is -2.37. The van der Waals surface area contributed by atoms with Crippen LogP contribution in [-0.4, -0.2) is 8.07 Å².